The Morgan fingerprint density at radius 3 is 2.22 bits per heavy atom. The van der Waals surface area contributed by atoms with Gasteiger partial charge in [-0.15, -0.1) is 0 Å². The molecule has 1 rings (SSSR count). The van der Waals surface area contributed by atoms with Gasteiger partial charge in [0.15, 0.2) is 0 Å². The van der Waals surface area contributed by atoms with Crippen LogP contribution in [-0.2, 0) is 4.89 Å². The molecule has 1 N–H and O–H groups in total. The summed E-state index contributed by atoms with van der Waals surface area (Å²) in [5.74, 6) is 0. The zero-order chi connectivity index (χ0) is 6.69. The van der Waals surface area contributed by atoms with Gasteiger partial charge in [0.2, 0.25) is 0 Å². The van der Waals surface area contributed by atoms with Gasteiger partial charge in [0.05, 0.1) is 6.10 Å². The summed E-state index contributed by atoms with van der Waals surface area (Å²) in [5.41, 5.74) is 0. The van der Waals surface area contributed by atoms with Crippen molar-refractivity contribution in [2.24, 2.45) is 0 Å². The lowest BCUT2D eigenvalue weighted by Crippen LogP contribution is -2.20. The molecule has 0 radical (unpaired) electrons. The third-order valence-electron chi connectivity index (χ3n) is 1.79. The average Bonchev–Trinajstić information content (AvgIpc) is 1.90. The van der Waals surface area contributed by atoms with Crippen LogP contribution in [0.2, 0.25) is 0 Å². The smallest absolute Gasteiger partial charge is 0.0928 e. The van der Waals surface area contributed by atoms with E-state index in [0.717, 1.165) is 25.7 Å². The third kappa shape index (κ3) is 2.16. The highest BCUT2D eigenvalue weighted by molar-refractivity contribution is 7.80. The molecule has 0 spiro atoms. The van der Waals surface area contributed by atoms with Crippen molar-refractivity contribution in [2.75, 3.05) is 0 Å². The maximum atomic E-state index is 8.25. The predicted octanol–water partition coefficient (Wildman–Crippen LogP) is 1.72. The Balaban J connectivity index is 2.18. The second-order valence-electron chi connectivity index (χ2n) is 2.54. The Morgan fingerprint density at radius 2 is 1.78 bits per heavy atom. The lowest BCUT2D eigenvalue weighted by Gasteiger charge is -2.22. The summed E-state index contributed by atoms with van der Waals surface area (Å²) in [6.07, 6.45) is 4.10. The molecule has 1 aliphatic rings. The van der Waals surface area contributed by atoms with E-state index in [0.29, 0.717) is 5.25 Å². The fraction of sp³-hybridized carbons (Fsp3) is 1.00. The first-order chi connectivity index (χ1) is 4.33. The minimum atomic E-state index is 0.0772. The van der Waals surface area contributed by atoms with Crippen LogP contribution >= 0.6 is 12.6 Å². The summed E-state index contributed by atoms with van der Waals surface area (Å²) in [6.45, 7) is 0. The summed E-state index contributed by atoms with van der Waals surface area (Å²) >= 11 is 4.30. The van der Waals surface area contributed by atoms with Crippen molar-refractivity contribution in [3.63, 3.8) is 0 Å². The highest BCUT2D eigenvalue weighted by Gasteiger charge is 2.18. The van der Waals surface area contributed by atoms with Gasteiger partial charge in [0, 0.05) is 5.25 Å². The number of hydrogen-bond donors (Lipinski definition) is 2. The number of rotatable bonds is 1. The van der Waals surface area contributed by atoms with Crippen molar-refractivity contribution in [2.45, 2.75) is 37.0 Å². The molecule has 0 heterocycles. The highest BCUT2D eigenvalue weighted by Crippen LogP contribution is 2.23. The van der Waals surface area contributed by atoms with Gasteiger partial charge in [-0.05, 0) is 25.7 Å². The van der Waals surface area contributed by atoms with Crippen LogP contribution in [-0.4, -0.2) is 16.6 Å². The normalized spacial score (nSPS) is 36.7. The summed E-state index contributed by atoms with van der Waals surface area (Å²) in [4.78, 5) is 4.21. The fourth-order valence-electron chi connectivity index (χ4n) is 1.15. The van der Waals surface area contributed by atoms with Gasteiger partial charge in [-0.25, -0.2) is 4.89 Å². The molecule has 9 heavy (non-hydrogen) atoms. The molecular formula is C6H12O2S. The molecular weight excluding hydrogens is 136 g/mol. The lowest BCUT2D eigenvalue weighted by atomic mass is 9.97. The van der Waals surface area contributed by atoms with Crippen molar-refractivity contribution < 1.29 is 10.1 Å². The molecule has 0 amide bonds. The van der Waals surface area contributed by atoms with Gasteiger partial charge in [-0.1, -0.05) is 0 Å². The molecule has 1 saturated carbocycles. The topological polar surface area (TPSA) is 29.5 Å². The zero-order valence-electron chi connectivity index (χ0n) is 5.29. The molecule has 2 nitrogen and oxygen atoms in total. The van der Waals surface area contributed by atoms with Gasteiger partial charge >= 0.3 is 0 Å². The molecule has 54 valence electrons. The predicted molar refractivity (Wildman–Crippen MR) is 38.7 cm³/mol. The van der Waals surface area contributed by atoms with E-state index in [2.05, 4.69) is 17.5 Å². The van der Waals surface area contributed by atoms with Crippen LogP contribution in [0.25, 0.3) is 0 Å². The Hall–Kier alpha value is 0.270. The maximum absolute atomic E-state index is 8.25. The number of hydrogen-bond acceptors (Lipinski definition) is 3. The van der Waals surface area contributed by atoms with Crippen molar-refractivity contribution in [3.05, 3.63) is 0 Å². The minimum absolute atomic E-state index is 0.0772. The largest absolute Gasteiger partial charge is 0.252 e. The van der Waals surface area contributed by atoms with E-state index >= 15 is 0 Å². The first-order valence-corrected chi connectivity index (χ1v) is 3.83. The van der Waals surface area contributed by atoms with E-state index in [1.165, 1.54) is 0 Å². The van der Waals surface area contributed by atoms with E-state index in [1.807, 2.05) is 0 Å². The van der Waals surface area contributed by atoms with Crippen LogP contribution in [0.1, 0.15) is 25.7 Å². The van der Waals surface area contributed by atoms with Crippen LogP contribution in [0.5, 0.6) is 0 Å². The standard InChI is InChI=1S/C6H12O2S/c7-8-5-1-3-6(9)4-2-5/h5-7,9H,1-4H2. The van der Waals surface area contributed by atoms with Gasteiger partial charge in [0.25, 0.3) is 0 Å². The summed E-state index contributed by atoms with van der Waals surface area (Å²) < 4.78 is 0. The molecule has 0 bridgehead atoms. The second-order valence-corrected chi connectivity index (χ2v) is 3.27. The third-order valence-corrected chi connectivity index (χ3v) is 2.31. The van der Waals surface area contributed by atoms with Gasteiger partial charge in [0.1, 0.15) is 0 Å². The first-order valence-electron chi connectivity index (χ1n) is 3.31. The van der Waals surface area contributed by atoms with Gasteiger partial charge in [-0.3, -0.25) is 5.26 Å². The Morgan fingerprint density at radius 1 is 1.22 bits per heavy atom. The average molecular weight is 148 g/mol. The molecule has 0 aromatic heterocycles. The van der Waals surface area contributed by atoms with Crippen molar-refractivity contribution in [1.82, 2.24) is 0 Å². The second kappa shape index (κ2) is 3.44. The van der Waals surface area contributed by atoms with Crippen molar-refractivity contribution in [1.29, 1.82) is 0 Å². The Bertz CT molecular complexity index is 79.1. The highest BCUT2D eigenvalue weighted by atomic mass is 32.1. The van der Waals surface area contributed by atoms with Gasteiger partial charge < -0.3 is 0 Å². The van der Waals surface area contributed by atoms with E-state index in [1.54, 1.807) is 0 Å². The maximum Gasteiger partial charge on any atom is 0.0928 e. The minimum Gasteiger partial charge on any atom is -0.252 e. The summed E-state index contributed by atoms with van der Waals surface area (Å²) in [7, 11) is 0. The SMILES string of the molecule is OOC1CCC(S)CC1. The van der Waals surface area contributed by atoms with E-state index in [-0.39, 0.29) is 6.10 Å². The monoisotopic (exact) mass is 148 g/mol. The zero-order valence-corrected chi connectivity index (χ0v) is 6.18. The van der Waals surface area contributed by atoms with Crippen LogP contribution in [0.3, 0.4) is 0 Å². The quantitative estimate of drug-likeness (QED) is 0.337. The Kier molecular flexibility index (Phi) is 2.82. The van der Waals surface area contributed by atoms with E-state index < -0.39 is 0 Å². The van der Waals surface area contributed by atoms with E-state index in [9.17, 15) is 0 Å². The Labute approximate surface area is 60.6 Å². The molecule has 1 fully saturated rings. The molecule has 0 aliphatic heterocycles. The van der Waals surface area contributed by atoms with Crippen LogP contribution < -0.4 is 0 Å². The molecule has 0 atom stereocenters. The molecule has 1 aliphatic carbocycles. The lowest BCUT2D eigenvalue weighted by molar-refractivity contribution is -0.283. The summed E-state index contributed by atoms with van der Waals surface area (Å²) in [5, 5.41) is 8.78. The van der Waals surface area contributed by atoms with Crippen LogP contribution in [0, 0.1) is 0 Å². The van der Waals surface area contributed by atoms with Gasteiger partial charge in [-0.2, -0.15) is 12.6 Å². The van der Waals surface area contributed by atoms with E-state index in [4.69, 9.17) is 5.26 Å². The van der Waals surface area contributed by atoms with Crippen molar-refractivity contribution in [3.8, 4) is 0 Å². The van der Waals surface area contributed by atoms with Crippen LogP contribution in [0.4, 0.5) is 0 Å². The molecule has 0 aromatic rings. The van der Waals surface area contributed by atoms with Crippen molar-refractivity contribution >= 4 is 12.6 Å². The molecule has 3 heteroatoms. The fourth-order valence-corrected chi connectivity index (χ4v) is 1.45. The number of thiol groups is 1. The first kappa shape index (κ1) is 7.38. The molecule has 0 unspecified atom stereocenters. The summed E-state index contributed by atoms with van der Waals surface area (Å²) in [6, 6.07) is 0. The molecule has 0 saturated heterocycles. The molecule has 0 aromatic carbocycles. The van der Waals surface area contributed by atoms with Crippen LogP contribution in [0.15, 0.2) is 0 Å².